The van der Waals surface area contributed by atoms with Gasteiger partial charge in [0.1, 0.15) is 17.3 Å². The van der Waals surface area contributed by atoms with Crippen LogP contribution in [0.5, 0.6) is 0 Å². The number of aliphatic hydroxyl groups is 2. The van der Waals surface area contributed by atoms with Gasteiger partial charge in [-0.3, -0.25) is 9.78 Å². The molecule has 209 valence electrons. The number of carbonyl (C=O) groups excluding carboxylic acids is 1. The molecule has 0 aliphatic carbocycles. The quantitative estimate of drug-likeness (QED) is 0.218. The van der Waals surface area contributed by atoms with Gasteiger partial charge in [-0.05, 0) is 78.3 Å². The van der Waals surface area contributed by atoms with E-state index in [1.165, 1.54) is 12.1 Å². The molecule has 3 N–H and O–H groups in total. The van der Waals surface area contributed by atoms with E-state index >= 15 is 0 Å². The maximum Gasteiger partial charge on any atom is 0.272 e. The smallest absolute Gasteiger partial charge is 0.272 e. The van der Waals surface area contributed by atoms with Crippen LogP contribution in [-0.4, -0.2) is 42.9 Å². The van der Waals surface area contributed by atoms with Crippen LogP contribution < -0.4 is 5.32 Å². The summed E-state index contributed by atoms with van der Waals surface area (Å²) >= 11 is 0. The van der Waals surface area contributed by atoms with Crippen LogP contribution in [0.3, 0.4) is 0 Å². The molecule has 2 aromatic heterocycles. The largest absolute Gasteiger partial charge is 0.393 e. The van der Waals surface area contributed by atoms with E-state index in [2.05, 4.69) is 17.2 Å². The van der Waals surface area contributed by atoms with E-state index in [-0.39, 0.29) is 24.1 Å². The second-order valence-electron chi connectivity index (χ2n) is 10.2. The Bertz CT molecular complexity index is 1400. The minimum Gasteiger partial charge on any atom is -0.393 e. The third kappa shape index (κ3) is 7.20. The number of aliphatic hydroxyl groups excluding tert-OH is 2. The fraction of sp³-hybridized carbons (Fsp3) is 0.312. The fourth-order valence-corrected chi connectivity index (χ4v) is 4.75. The van der Waals surface area contributed by atoms with Gasteiger partial charge in [-0.25, -0.2) is 9.37 Å². The minimum atomic E-state index is -0.746. The van der Waals surface area contributed by atoms with Crippen LogP contribution in [0, 0.1) is 12.7 Å². The molecule has 7 nitrogen and oxygen atoms in total. The molecule has 4 aromatic rings. The second kappa shape index (κ2) is 13.5. The number of nitrogens with one attached hydrogen (secondary N) is 1. The number of benzene rings is 2. The third-order valence-corrected chi connectivity index (χ3v) is 6.81. The molecule has 2 aromatic carbocycles. The van der Waals surface area contributed by atoms with E-state index in [4.69, 9.17) is 4.98 Å². The molecule has 8 heteroatoms. The highest BCUT2D eigenvalue weighted by Gasteiger charge is 2.26. The number of imidazole rings is 1. The van der Waals surface area contributed by atoms with Gasteiger partial charge in [0.15, 0.2) is 0 Å². The average Bonchev–Trinajstić information content (AvgIpc) is 3.35. The lowest BCUT2D eigenvalue weighted by Crippen LogP contribution is -2.25. The molecule has 40 heavy (non-hydrogen) atoms. The highest BCUT2D eigenvalue weighted by atomic mass is 19.1. The Morgan fingerprint density at radius 2 is 1.77 bits per heavy atom. The van der Waals surface area contributed by atoms with Crippen LogP contribution in [0.1, 0.15) is 60.8 Å². The summed E-state index contributed by atoms with van der Waals surface area (Å²) in [6.45, 7) is 8.34. The van der Waals surface area contributed by atoms with Gasteiger partial charge in [0.25, 0.3) is 5.91 Å². The normalized spacial score (nSPS) is 12.9. The van der Waals surface area contributed by atoms with Gasteiger partial charge in [-0.1, -0.05) is 45.0 Å². The number of carbonyl (C=O) groups is 1. The van der Waals surface area contributed by atoms with Crippen LogP contribution in [0.15, 0.2) is 73.1 Å². The van der Waals surface area contributed by atoms with Gasteiger partial charge in [-0.15, -0.1) is 0 Å². The van der Waals surface area contributed by atoms with E-state index in [0.29, 0.717) is 43.0 Å². The van der Waals surface area contributed by atoms with E-state index < -0.39 is 12.2 Å². The minimum absolute atomic E-state index is 0.0565. The number of hydrogen-bond acceptors (Lipinski definition) is 5. The molecular weight excluding hydrogens is 507 g/mol. The zero-order chi connectivity index (χ0) is 28.6. The van der Waals surface area contributed by atoms with Crippen molar-refractivity contribution < 1.29 is 19.4 Å². The van der Waals surface area contributed by atoms with E-state index in [1.807, 2.05) is 54.8 Å². The van der Waals surface area contributed by atoms with E-state index in [0.717, 1.165) is 22.4 Å². The Labute approximate surface area is 234 Å². The number of halogens is 1. The van der Waals surface area contributed by atoms with Crippen molar-refractivity contribution in [2.24, 2.45) is 0 Å². The lowest BCUT2D eigenvalue weighted by atomic mass is 10.0. The van der Waals surface area contributed by atoms with Gasteiger partial charge in [0.2, 0.25) is 0 Å². The first-order valence-electron chi connectivity index (χ1n) is 13.6. The molecule has 4 rings (SSSR count). The zero-order valence-corrected chi connectivity index (χ0v) is 22.9. The van der Waals surface area contributed by atoms with Crippen LogP contribution in [0.2, 0.25) is 0 Å². The molecule has 0 saturated heterocycles. The van der Waals surface area contributed by atoms with Crippen molar-refractivity contribution in [1.82, 2.24) is 19.9 Å². The topological polar surface area (TPSA) is 100 Å². The maximum atomic E-state index is 13.7. The number of rotatable bonds is 12. The first kappa shape index (κ1) is 29.1. The van der Waals surface area contributed by atoms with Crippen LogP contribution in [-0.2, 0) is 13.1 Å². The summed E-state index contributed by atoms with van der Waals surface area (Å²) in [6, 6.07) is 17.8. The summed E-state index contributed by atoms with van der Waals surface area (Å²) in [4.78, 5) is 22.5. The molecule has 2 unspecified atom stereocenters. The second-order valence-corrected chi connectivity index (χ2v) is 10.2. The highest BCUT2D eigenvalue weighted by molar-refractivity contribution is 5.94. The Morgan fingerprint density at radius 1 is 1.02 bits per heavy atom. The number of pyridine rings is 1. The van der Waals surface area contributed by atoms with Gasteiger partial charge < -0.3 is 20.1 Å². The van der Waals surface area contributed by atoms with Crippen molar-refractivity contribution in [2.45, 2.75) is 64.3 Å². The molecule has 0 aliphatic heterocycles. The molecule has 0 spiro atoms. The van der Waals surface area contributed by atoms with Crippen molar-refractivity contribution in [3.05, 3.63) is 103 Å². The van der Waals surface area contributed by atoms with Gasteiger partial charge in [0.05, 0.1) is 17.9 Å². The maximum absolute atomic E-state index is 13.7. The Balaban J connectivity index is 1.61. The Hall–Kier alpha value is -3.88. The number of aromatic nitrogens is 3. The predicted octanol–water partition coefficient (Wildman–Crippen LogP) is 5.53. The first-order chi connectivity index (χ1) is 19.3. The molecule has 0 aliphatic rings. The van der Waals surface area contributed by atoms with Gasteiger partial charge >= 0.3 is 0 Å². The Morgan fingerprint density at radius 3 is 2.45 bits per heavy atom. The molecule has 2 atom stereocenters. The predicted molar refractivity (Wildman–Crippen MR) is 154 cm³/mol. The van der Waals surface area contributed by atoms with Crippen LogP contribution in [0.25, 0.3) is 22.5 Å². The van der Waals surface area contributed by atoms with Crippen molar-refractivity contribution in [3.8, 4) is 22.5 Å². The fourth-order valence-electron chi connectivity index (χ4n) is 4.75. The van der Waals surface area contributed by atoms with Crippen LogP contribution in [0.4, 0.5) is 4.39 Å². The summed E-state index contributed by atoms with van der Waals surface area (Å²) in [7, 11) is 0. The SMILES string of the molecule is [CH2]CC(O)CC(O)CCn1c(-c2ccc(F)cc2)nc(C(=O)NCc2cccc(-c3cccnc3)c2)c1C(C)C. The summed E-state index contributed by atoms with van der Waals surface area (Å²) in [6.07, 6.45) is 2.98. The van der Waals surface area contributed by atoms with Crippen molar-refractivity contribution in [1.29, 1.82) is 0 Å². The first-order valence-corrected chi connectivity index (χ1v) is 13.6. The molecule has 0 fully saturated rings. The number of hydrogen-bond donors (Lipinski definition) is 3. The molecule has 0 bridgehead atoms. The molecule has 2 heterocycles. The van der Waals surface area contributed by atoms with Crippen molar-refractivity contribution in [3.63, 3.8) is 0 Å². The summed E-state index contributed by atoms with van der Waals surface area (Å²) < 4.78 is 15.6. The monoisotopic (exact) mass is 543 g/mol. The van der Waals surface area contributed by atoms with Crippen molar-refractivity contribution >= 4 is 5.91 Å². The van der Waals surface area contributed by atoms with Crippen LogP contribution >= 0.6 is 0 Å². The van der Waals surface area contributed by atoms with Gasteiger partial charge in [0, 0.05) is 31.0 Å². The summed E-state index contributed by atoms with van der Waals surface area (Å²) in [5.41, 5.74) is 4.62. The molecule has 1 amide bonds. The Kier molecular flexibility index (Phi) is 9.79. The highest BCUT2D eigenvalue weighted by Crippen LogP contribution is 2.29. The van der Waals surface area contributed by atoms with Gasteiger partial charge in [-0.2, -0.15) is 0 Å². The average molecular weight is 544 g/mol. The standard InChI is InChI=1S/C32H36FN4O3/c1-4-27(38)18-28(39)14-16-37-30(21(2)3)29(36-31(37)23-10-12-26(33)13-11-23)32(40)35-19-22-7-5-8-24(17-22)25-9-6-15-34-20-25/h5-13,15,17,20-21,27-28,38-39H,1,4,14,16,18-19H2,2-3H3,(H,35,40). The summed E-state index contributed by atoms with van der Waals surface area (Å²) in [5.74, 6) is -0.211. The zero-order valence-electron chi connectivity index (χ0n) is 22.9. The summed E-state index contributed by atoms with van der Waals surface area (Å²) in [5, 5.41) is 23.4. The molecule has 1 radical (unpaired) electrons. The lowest BCUT2D eigenvalue weighted by Gasteiger charge is -2.19. The number of nitrogens with zero attached hydrogens (tertiary/aromatic N) is 3. The molecule has 0 saturated carbocycles. The van der Waals surface area contributed by atoms with Crippen molar-refractivity contribution in [2.75, 3.05) is 0 Å². The van der Waals surface area contributed by atoms with E-state index in [9.17, 15) is 19.4 Å². The van der Waals surface area contributed by atoms with E-state index in [1.54, 1.807) is 24.5 Å². The molecular formula is C32H36FN4O3. The lowest BCUT2D eigenvalue weighted by molar-refractivity contribution is 0.0742. The number of amides is 1. The third-order valence-electron chi connectivity index (χ3n) is 6.81.